The van der Waals surface area contributed by atoms with Crippen molar-refractivity contribution in [2.45, 2.75) is 31.6 Å². The van der Waals surface area contributed by atoms with Crippen LogP contribution in [0.25, 0.3) is 6.08 Å². The molecular weight excluding hydrogens is 572 g/mol. The van der Waals surface area contributed by atoms with Crippen molar-refractivity contribution in [3.63, 3.8) is 0 Å². The molecule has 8 nitrogen and oxygen atoms in total. The largest absolute Gasteiger partial charge is 0.326 e. The Labute approximate surface area is 261 Å². The molecule has 0 aliphatic heterocycles. The van der Waals surface area contributed by atoms with Crippen LogP contribution < -0.4 is 21.3 Å². The predicted octanol–water partition coefficient (Wildman–Crippen LogP) is 6.91. The Hall–Kier alpha value is -5.15. The third-order valence-electron chi connectivity index (χ3n) is 6.41. The standard InChI is InChI=1S/C35H34N4O4S/c1-23(2)26-11-9-25(10-12-26)21-32(39-34(42)27-7-5-4-6-8-27)35(43)38-30-17-19-31(20-18-30)44-22-33(41)37-29-15-13-28(14-16-29)36-24(3)40/h4-21,23H,22H2,1-3H3,(H,36,40)(H,37,41)(H,38,43)(H,39,42)/b32-21-. The fourth-order valence-corrected chi connectivity index (χ4v) is 4.80. The molecule has 0 aliphatic rings. The van der Waals surface area contributed by atoms with E-state index in [1.54, 1.807) is 66.7 Å². The predicted molar refractivity (Wildman–Crippen MR) is 178 cm³/mol. The lowest BCUT2D eigenvalue weighted by Gasteiger charge is -2.12. The molecular formula is C35H34N4O4S. The maximum Gasteiger partial charge on any atom is 0.272 e. The van der Waals surface area contributed by atoms with E-state index in [9.17, 15) is 19.2 Å². The molecule has 0 heterocycles. The second-order valence-corrected chi connectivity index (χ2v) is 11.3. The van der Waals surface area contributed by atoms with Gasteiger partial charge in [-0.25, -0.2) is 0 Å². The van der Waals surface area contributed by atoms with Crippen LogP contribution in [0.3, 0.4) is 0 Å². The number of hydrogen-bond acceptors (Lipinski definition) is 5. The smallest absolute Gasteiger partial charge is 0.272 e. The zero-order valence-corrected chi connectivity index (χ0v) is 25.5. The summed E-state index contributed by atoms with van der Waals surface area (Å²) in [6, 6.07) is 30.5. The summed E-state index contributed by atoms with van der Waals surface area (Å²) < 4.78 is 0. The number of nitrogens with one attached hydrogen (secondary N) is 4. The van der Waals surface area contributed by atoms with Gasteiger partial charge >= 0.3 is 0 Å². The van der Waals surface area contributed by atoms with E-state index in [0.717, 1.165) is 10.5 Å². The molecule has 0 aliphatic carbocycles. The Balaban J connectivity index is 1.38. The molecule has 0 aromatic heterocycles. The molecule has 4 N–H and O–H groups in total. The lowest BCUT2D eigenvalue weighted by molar-refractivity contribution is -0.114. The summed E-state index contributed by atoms with van der Waals surface area (Å²) in [7, 11) is 0. The van der Waals surface area contributed by atoms with Crippen LogP contribution in [0.5, 0.6) is 0 Å². The van der Waals surface area contributed by atoms with E-state index in [1.807, 2.05) is 42.5 Å². The molecule has 44 heavy (non-hydrogen) atoms. The van der Waals surface area contributed by atoms with Crippen LogP contribution in [0.2, 0.25) is 0 Å². The average Bonchev–Trinajstić information content (AvgIpc) is 3.01. The van der Waals surface area contributed by atoms with Crippen molar-refractivity contribution in [2.24, 2.45) is 0 Å². The number of carbonyl (C=O) groups is 4. The Morgan fingerprint density at radius 3 is 1.86 bits per heavy atom. The maximum atomic E-state index is 13.3. The molecule has 4 aromatic rings. The second kappa shape index (κ2) is 15.4. The van der Waals surface area contributed by atoms with Crippen molar-refractivity contribution in [1.29, 1.82) is 0 Å². The number of anilines is 3. The molecule has 0 atom stereocenters. The highest BCUT2D eigenvalue weighted by atomic mass is 32.2. The van der Waals surface area contributed by atoms with Gasteiger partial charge in [-0.3, -0.25) is 19.2 Å². The first-order chi connectivity index (χ1) is 21.2. The summed E-state index contributed by atoms with van der Waals surface area (Å²) >= 11 is 1.35. The molecule has 0 unspecified atom stereocenters. The van der Waals surface area contributed by atoms with Crippen LogP contribution in [-0.2, 0) is 14.4 Å². The van der Waals surface area contributed by atoms with Gasteiger partial charge in [-0.1, -0.05) is 56.3 Å². The van der Waals surface area contributed by atoms with Gasteiger partial charge in [-0.2, -0.15) is 0 Å². The minimum Gasteiger partial charge on any atom is -0.326 e. The van der Waals surface area contributed by atoms with Gasteiger partial charge in [0.25, 0.3) is 11.8 Å². The first-order valence-electron chi connectivity index (χ1n) is 14.1. The first-order valence-corrected chi connectivity index (χ1v) is 15.0. The van der Waals surface area contributed by atoms with Gasteiger partial charge in [-0.15, -0.1) is 11.8 Å². The SMILES string of the molecule is CC(=O)Nc1ccc(NC(=O)CSc2ccc(NC(=O)/C(=C/c3ccc(C(C)C)cc3)NC(=O)c3ccccc3)cc2)cc1. The highest BCUT2D eigenvalue weighted by molar-refractivity contribution is 8.00. The Morgan fingerprint density at radius 2 is 1.27 bits per heavy atom. The van der Waals surface area contributed by atoms with Gasteiger partial charge in [0.2, 0.25) is 11.8 Å². The van der Waals surface area contributed by atoms with Crippen molar-refractivity contribution >= 4 is 58.5 Å². The van der Waals surface area contributed by atoms with E-state index >= 15 is 0 Å². The zero-order chi connectivity index (χ0) is 31.5. The van der Waals surface area contributed by atoms with E-state index in [1.165, 1.54) is 24.2 Å². The van der Waals surface area contributed by atoms with E-state index in [0.29, 0.717) is 28.5 Å². The fraction of sp³-hybridized carbons (Fsp3) is 0.143. The van der Waals surface area contributed by atoms with Crippen molar-refractivity contribution in [3.8, 4) is 0 Å². The number of carbonyl (C=O) groups excluding carboxylic acids is 4. The minimum atomic E-state index is -0.466. The van der Waals surface area contributed by atoms with Crippen LogP contribution in [-0.4, -0.2) is 29.4 Å². The molecule has 4 amide bonds. The summed E-state index contributed by atoms with van der Waals surface area (Å²) in [6.45, 7) is 5.65. The molecule has 0 spiro atoms. The zero-order valence-electron chi connectivity index (χ0n) is 24.7. The lowest BCUT2D eigenvalue weighted by Crippen LogP contribution is -2.30. The van der Waals surface area contributed by atoms with E-state index in [2.05, 4.69) is 35.1 Å². The van der Waals surface area contributed by atoms with Crippen molar-refractivity contribution in [3.05, 3.63) is 126 Å². The number of thioether (sulfide) groups is 1. The number of rotatable bonds is 11. The highest BCUT2D eigenvalue weighted by Crippen LogP contribution is 2.22. The topological polar surface area (TPSA) is 116 Å². The van der Waals surface area contributed by atoms with Crippen molar-refractivity contribution < 1.29 is 19.2 Å². The molecule has 0 bridgehead atoms. The van der Waals surface area contributed by atoms with Crippen LogP contribution in [0.4, 0.5) is 17.1 Å². The fourth-order valence-electron chi connectivity index (χ4n) is 4.11. The van der Waals surface area contributed by atoms with Crippen LogP contribution >= 0.6 is 11.8 Å². The lowest BCUT2D eigenvalue weighted by atomic mass is 10.0. The highest BCUT2D eigenvalue weighted by Gasteiger charge is 2.15. The van der Waals surface area contributed by atoms with Crippen molar-refractivity contribution in [2.75, 3.05) is 21.7 Å². The third kappa shape index (κ3) is 9.71. The summed E-state index contributed by atoms with van der Waals surface area (Å²) in [5.74, 6) is -0.634. The van der Waals surface area contributed by atoms with Gasteiger partial charge in [0, 0.05) is 34.4 Å². The first kappa shape index (κ1) is 31.8. The molecule has 0 saturated heterocycles. The molecule has 0 saturated carbocycles. The molecule has 4 aromatic carbocycles. The van der Waals surface area contributed by atoms with E-state index in [-0.39, 0.29) is 29.2 Å². The normalized spacial score (nSPS) is 11.0. The van der Waals surface area contributed by atoms with Gasteiger partial charge < -0.3 is 21.3 Å². The summed E-state index contributed by atoms with van der Waals surface area (Å²) in [5, 5.41) is 11.1. The van der Waals surface area contributed by atoms with Crippen LogP contribution in [0.15, 0.2) is 114 Å². The molecule has 4 rings (SSSR count). The number of hydrogen-bond donors (Lipinski definition) is 4. The second-order valence-electron chi connectivity index (χ2n) is 10.3. The molecule has 0 fully saturated rings. The van der Waals surface area contributed by atoms with Gasteiger partial charge in [-0.05, 0) is 83.8 Å². The van der Waals surface area contributed by atoms with Gasteiger partial charge in [0.1, 0.15) is 5.70 Å². The quantitative estimate of drug-likeness (QED) is 0.109. The van der Waals surface area contributed by atoms with Crippen LogP contribution in [0.1, 0.15) is 48.2 Å². The molecule has 0 radical (unpaired) electrons. The molecule has 224 valence electrons. The molecule has 9 heteroatoms. The van der Waals surface area contributed by atoms with E-state index < -0.39 is 5.91 Å². The third-order valence-corrected chi connectivity index (χ3v) is 7.43. The summed E-state index contributed by atoms with van der Waals surface area (Å²) in [4.78, 5) is 50.7. The van der Waals surface area contributed by atoms with E-state index in [4.69, 9.17) is 0 Å². The van der Waals surface area contributed by atoms with Gasteiger partial charge in [0.15, 0.2) is 0 Å². The van der Waals surface area contributed by atoms with Crippen molar-refractivity contribution in [1.82, 2.24) is 5.32 Å². The Bertz CT molecular complexity index is 1630. The number of benzene rings is 4. The minimum absolute atomic E-state index is 0.108. The summed E-state index contributed by atoms with van der Waals surface area (Å²) in [5.41, 5.74) is 4.32. The average molecular weight is 607 g/mol. The Morgan fingerprint density at radius 1 is 0.705 bits per heavy atom. The van der Waals surface area contributed by atoms with Crippen LogP contribution in [0, 0.1) is 0 Å². The maximum absolute atomic E-state index is 13.3. The Kier molecular flexibility index (Phi) is 11.1. The monoisotopic (exact) mass is 606 g/mol. The number of amides is 4. The summed E-state index contributed by atoms with van der Waals surface area (Å²) in [6.07, 6.45) is 1.65. The van der Waals surface area contributed by atoms with Gasteiger partial charge in [0.05, 0.1) is 5.75 Å².